The van der Waals surface area contributed by atoms with E-state index in [4.69, 9.17) is 0 Å². The summed E-state index contributed by atoms with van der Waals surface area (Å²) < 4.78 is 0. The number of hydrogen-bond donors (Lipinski definition) is 1. The highest BCUT2D eigenvalue weighted by molar-refractivity contribution is 5.87. The molecule has 0 radical (unpaired) electrons. The molecule has 0 saturated heterocycles. The predicted molar refractivity (Wildman–Crippen MR) is 100 cm³/mol. The van der Waals surface area contributed by atoms with E-state index in [0.29, 0.717) is 0 Å². The largest absolute Gasteiger partial charge is 0.340 e. The van der Waals surface area contributed by atoms with Crippen LogP contribution in [0.15, 0.2) is 66.7 Å². The Labute approximate surface area is 138 Å². The molecule has 3 aromatic rings. The van der Waals surface area contributed by atoms with Crippen LogP contribution >= 0.6 is 0 Å². The third-order valence-corrected chi connectivity index (χ3v) is 4.15. The zero-order chi connectivity index (χ0) is 16.1. The van der Waals surface area contributed by atoms with Crippen LogP contribution in [0.3, 0.4) is 0 Å². The molecule has 118 valence electrons. The summed E-state index contributed by atoms with van der Waals surface area (Å²) in [6, 6.07) is 23.9. The number of anilines is 2. The van der Waals surface area contributed by atoms with E-state index in [-0.39, 0.29) is 0 Å². The fraction of sp³-hybridized carbons (Fsp3) is 0.238. The van der Waals surface area contributed by atoms with Crippen molar-refractivity contribution >= 4 is 22.1 Å². The van der Waals surface area contributed by atoms with Gasteiger partial charge in [-0.1, -0.05) is 62.4 Å². The predicted octanol–water partition coefficient (Wildman–Crippen LogP) is 5.11. The maximum atomic E-state index is 3.50. The molecular formula is C21H24N2. The molecule has 0 aliphatic carbocycles. The van der Waals surface area contributed by atoms with Crippen molar-refractivity contribution in [2.45, 2.75) is 20.4 Å². The van der Waals surface area contributed by atoms with Crippen molar-refractivity contribution in [1.82, 2.24) is 5.32 Å². The van der Waals surface area contributed by atoms with Gasteiger partial charge in [-0.25, -0.2) is 0 Å². The zero-order valence-electron chi connectivity index (χ0n) is 13.9. The highest BCUT2D eigenvalue weighted by Crippen LogP contribution is 2.31. The molecule has 0 spiro atoms. The van der Waals surface area contributed by atoms with Crippen LogP contribution in [0.25, 0.3) is 10.8 Å². The van der Waals surface area contributed by atoms with Crippen LogP contribution < -0.4 is 10.2 Å². The first-order valence-electron chi connectivity index (χ1n) is 8.47. The molecule has 0 aromatic heterocycles. The molecule has 4 rings (SSSR count). The molecule has 2 heteroatoms. The number of para-hydroxylation sites is 1. The Hall–Kier alpha value is -2.32. The Balaban J connectivity index is 0.000000753. The fourth-order valence-electron chi connectivity index (χ4n) is 3.07. The Morgan fingerprint density at radius 2 is 1.57 bits per heavy atom. The van der Waals surface area contributed by atoms with E-state index in [9.17, 15) is 0 Å². The van der Waals surface area contributed by atoms with Crippen LogP contribution in [0.4, 0.5) is 11.4 Å². The summed E-state index contributed by atoms with van der Waals surface area (Å²) in [5, 5.41) is 6.09. The average molecular weight is 304 g/mol. The van der Waals surface area contributed by atoms with E-state index < -0.39 is 0 Å². The van der Waals surface area contributed by atoms with Gasteiger partial charge in [0.1, 0.15) is 0 Å². The molecule has 2 nitrogen and oxygen atoms in total. The average Bonchev–Trinajstić information content (AvgIpc) is 2.85. The van der Waals surface area contributed by atoms with E-state index >= 15 is 0 Å². The lowest BCUT2D eigenvalue weighted by Gasteiger charge is -2.25. The lowest BCUT2D eigenvalue weighted by atomic mass is 10.1. The smallest absolute Gasteiger partial charge is 0.0456 e. The number of nitrogens with one attached hydrogen (secondary N) is 1. The van der Waals surface area contributed by atoms with Gasteiger partial charge in [0.25, 0.3) is 0 Å². The van der Waals surface area contributed by atoms with E-state index in [1.54, 1.807) is 0 Å². The number of benzene rings is 3. The Morgan fingerprint density at radius 3 is 2.43 bits per heavy atom. The molecule has 0 atom stereocenters. The monoisotopic (exact) mass is 304 g/mol. The first-order chi connectivity index (χ1) is 11.4. The quantitative estimate of drug-likeness (QED) is 0.672. The first kappa shape index (κ1) is 15.6. The Kier molecular flexibility index (Phi) is 4.94. The Morgan fingerprint density at radius 1 is 0.826 bits per heavy atom. The van der Waals surface area contributed by atoms with E-state index in [2.05, 4.69) is 76.9 Å². The maximum Gasteiger partial charge on any atom is 0.0456 e. The zero-order valence-corrected chi connectivity index (χ0v) is 13.9. The molecule has 0 unspecified atom stereocenters. The van der Waals surface area contributed by atoms with Crippen LogP contribution in [0.2, 0.25) is 0 Å². The molecule has 1 aliphatic heterocycles. The second-order valence-corrected chi connectivity index (χ2v) is 5.49. The van der Waals surface area contributed by atoms with E-state index in [1.165, 1.54) is 27.7 Å². The summed E-state index contributed by atoms with van der Waals surface area (Å²) in [6.45, 7) is 6.94. The Bertz CT molecular complexity index is 779. The van der Waals surface area contributed by atoms with Crippen LogP contribution in [0, 0.1) is 0 Å². The maximum absolute atomic E-state index is 3.50. The van der Waals surface area contributed by atoms with Gasteiger partial charge < -0.3 is 10.2 Å². The molecular weight excluding hydrogens is 280 g/mol. The summed E-state index contributed by atoms with van der Waals surface area (Å²) in [5.41, 5.74) is 3.95. The van der Waals surface area contributed by atoms with Gasteiger partial charge in [0.15, 0.2) is 0 Å². The minimum Gasteiger partial charge on any atom is -0.340 e. The summed E-state index contributed by atoms with van der Waals surface area (Å²) in [7, 11) is 0. The summed E-state index contributed by atoms with van der Waals surface area (Å²) in [5.74, 6) is 0. The van der Waals surface area contributed by atoms with Gasteiger partial charge in [-0.15, -0.1) is 0 Å². The third-order valence-electron chi connectivity index (χ3n) is 4.15. The minimum atomic E-state index is 0.945. The van der Waals surface area contributed by atoms with E-state index in [0.717, 1.165) is 19.6 Å². The standard InChI is InChI=1S/C19H18N2.C2H6/c1-2-6-16-13-18(10-9-15(16)5-1)21-12-11-20-14-17-7-3-4-8-19(17)21;1-2/h1-10,13,20H,11-12,14H2;1-2H3. The second kappa shape index (κ2) is 7.30. The van der Waals surface area contributed by atoms with Crippen molar-refractivity contribution in [3.8, 4) is 0 Å². The number of nitrogens with zero attached hydrogens (tertiary/aromatic N) is 1. The number of hydrogen-bond acceptors (Lipinski definition) is 2. The topological polar surface area (TPSA) is 15.3 Å². The van der Waals surface area contributed by atoms with E-state index in [1.807, 2.05) is 13.8 Å². The van der Waals surface area contributed by atoms with Crippen molar-refractivity contribution in [2.24, 2.45) is 0 Å². The molecule has 1 aliphatic rings. The molecule has 1 N–H and O–H groups in total. The molecule has 0 bridgehead atoms. The summed E-state index contributed by atoms with van der Waals surface area (Å²) in [4.78, 5) is 2.42. The SMILES string of the molecule is CC.c1ccc2c(c1)CNCCN2c1ccc2ccccc2c1. The second-order valence-electron chi connectivity index (χ2n) is 5.49. The van der Waals surface area contributed by atoms with Crippen LogP contribution in [-0.4, -0.2) is 13.1 Å². The molecule has 0 amide bonds. The summed E-state index contributed by atoms with van der Waals surface area (Å²) in [6.07, 6.45) is 0. The van der Waals surface area contributed by atoms with Crippen LogP contribution in [-0.2, 0) is 6.54 Å². The van der Waals surface area contributed by atoms with Gasteiger partial charge in [-0.05, 0) is 34.5 Å². The van der Waals surface area contributed by atoms with Crippen LogP contribution in [0.1, 0.15) is 19.4 Å². The minimum absolute atomic E-state index is 0.945. The van der Waals surface area contributed by atoms with Crippen molar-refractivity contribution in [3.05, 3.63) is 72.3 Å². The third kappa shape index (κ3) is 3.22. The van der Waals surface area contributed by atoms with Gasteiger partial charge in [-0.3, -0.25) is 0 Å². The molecule has 0 fully saturated rings. The van der Waals surface area contributed by atoms with Crippen molar-refractivity contribution in [1.29, 1.82) is 0 Å². The molecule has 1 heterocycles. The van der Waals surface area contributed by atoms with Gasteiger partial charge in [0.05, 0.1) is 0 Å². The van der Waals surface area contributed by atoms with Gasteiger partial charge in [0.2, 0.25) is 0 Å². The number of rotatable bonds is 1. The highest BCUT2D eigenvalue weighted by Gasteiger charge is 2.16. The van der Waals surface area contributed by atoms with Crippen molar-refractivity contribution in [3.63, 3.8) is 0 Å². The van der Waals surface area contributed by atoms with Gasteiger partial charge in [0, 0.05) is 31.0 Å². The highest BCUT2D eigenvalue weighted by atomic mass is 15.2. The number of fused-ring (bicyclic) bond motifs is 2. The van der Waals surface area contributed by atoms with Crippen molar-refractivity contribution < 1.29 is 0 Å². The lowest BCUT2D eigenvalue weighted by Crippen LogP contribution is -2.24. The molecule has 23 heavy (non-hydrogen) atoms. The normalized spacial score (nSPS) is 13.7. The van der Waals surface area contributed by atoms with Gasteiger partial charge in [-0.2, -0.15) is 0 Å². The van der Waals surface area contributed by atoms with Gasteiger partial charge >= 0.3 is 0 Å². The van der Waals surface area contributed by atoms with Crippen molar-refractivity contribution in [2.75, 3.05) is 18.0 Å². The summed E-state index contributed by atoms with van der Waals surface area (Å²) >= 11 is 0. The molecule has 3 aromatic carbocycles. The lowest BCUT2D eigenvalue weighted by molar-refractivity contribution is 0.712. The fourth-order valence-corrected chi connectivity index (χ4v) is 3.07. The van der Waals surface area contributed by atoms with Crippen LogP contribution in [0.5, 0.6) is 0 Å². The molecule has 0 saturated carbocycles. The first-order valence-corrected chi connectivity index (χ1v) is 8.47.